The van der Waals surface area contributed by atoms with Gasteiger partial charge in [-0.25, -0.2) is 4.68 Å². The molecule has 0 saturated carbocycles. The number of thiophene rings is 1. The van der Waals surface area contributed by atoms with Crippen molar-refractivity contribution in [3.8, 4) is 0 Å². The van der Waals surface area contributed by atoms with Crippen LogP contribution in [-0.2, 0) is 29.1 Å². The van der Waals surface area contributed by atoms with Crippen LogP contribution in [-0.4, -0.2) is 62.8 Å². The Bertz CT molecular complexity index is 1100. The highest BCUT2D eigenvalue weighted by Gasteiger charge is 2.32. The first-order valence-electron chi connectivity index (χ1n) is 10.8. The topological polar surface area (TPSA) is 80.6 Å². The maximum atomic E-state index is 13.1. The number of benzene rings is 1. The van der Waals surface area contributed by atoms with Crippen molar-refractivity contribution < 1.29 is 14.3 Å². The highest BCUT2D eigenvalue weighted by atomic mass is 32.1. The highest BCUT2D eigenvalue weighted by molar-refractivity contribution is 7.10. The quantitative estimate of drug-likeness (QED) is 0.609. The molecule has 5 rings (SSSR count). The van der Waals surface area contributed by atoms with Crippen LogP contribution in [0.3, 0.4) is 0 Å². The summed E-state index contributed by atoms with van der Waals surface area (Å²) >= 11 is 1.59. The minimum absolute atomic E-state index is 0.106. The predicted octanol–water partition coefficient (Wildman–Crippen LogP) is 2.45. The number of ether oxygens (including phenoxy) is 1. The number of hydrogen-bond donors (Lipinski definition) is 0. The maximum absolute atomic E-state index is 13.1. The summed E-state index contributed by atoms with van der Waals surface area (Å²) < 4.78 is 7.82. The molecule has 8 nitrogen and oxygen atoms in total. The molecule has 1 aromatic carbocycles. The monoisotopic (exact) mass is 451 g/mol. The second-order valence-electron chi connectivity index (χ2n) is 8.21. The van der Waals surface area contributed by atoms with Gasteiger partial charge in [0.1, 0.15) is 6.10 Å². The minimum Gasteiger partial charge on any atom is -0.365 e. The molecule has 32 heavy (non-hydrogen) atoms. The lowest BCUT2D eigenvalue weighted by molar-refractivity contribution is -0.131. The lowest BCUT2D eigenvalue weighted by atomic mass is 10.1. The van der Waals surface area contributed by atoms with E-state index in [0.29, 0.717) is 51.4 Å². The first kappa shape index (κ1) is 20.8. The van der Waals surface area contributed by atoms with Crippen LogP contribution in [0, 0.1) is 6.92 Å². The van der Waals surface area contributed by atoms with Crippen molar-refractivity contribution in [3.63, 3.8) is 0 Å². The summed E-state index contributed by atoms with van der Waals surface area (Å²) in [5, 5.41) is 10.4. The van der Waals surface area contributed by atoms with E-state index in [-0.39, 0.29) is 17.9 Å². The van der Waals surface area contributed by atoms with Crippen molar-refractivity contribution in [2.24, 2.45) is 0 Å². The van der Waals surface area contributed by atoms with Gasteiger partial charge < -0.3 is 14.5 Å². The van der Waals surface area contributed by atoms with Crippen molar-refractivity contribution in [1.29, 1.82) is 0 Å². The smallest absolute Gasteiger partial charge is 0.276 e. The second kappa shape index (κ2) is 8.84. The predicted molar refractivity (Wildman–Crippen MR) is 119 cm³/mol. The molecule has 0 aliphatic carbocycles. The van der Waals surface area contributed by atoms with Gasteiger partial charge in [0.05, 0.1) is 25.3 Å². The van der Waals surface area contributed by atoms with Crippen LogP contribution in [0.25, 0.3) is 0 Å². The number of piperazine rings is 1. The molecule has 1 fully saturated rings. The molecule has 2 aliphatic rings. The Hall–Kier alpha value is -3.04. The van der Waals surface area contributed by atoms with Gasteiger partial charge in [0.25, 0.3) is 5.91 Å². The number of carbonyl (C=O) groups is 2. The molecule has 166 valence electrons. The Morgan fingerprint density at radius 1 is 1.09 bits per heavy atom. The largest absolute Gasteiger partial charge is 0.365 e. The van der Waals surface area contributed by atoms with Gasteiger partial charge in [-0.1, -0.05) is 41.1 Å². The summed E-state index contributed by atoms with van der Waals surface area (Å²) in [7, 11) is 0. The zero-order valence-corrected chi connectivity index (χ0v) is 18.8. The Balaban J connectivity index is 1.20. The number of carbonyl (C=O) groups excluding carboxylic acids is 2. The molecular formula is C23H25N5O3S. The molecular weight excluding hydrogens is 426 g/mol. The molecule has 2 aliphatic heterocycles. The van der Waals surface area contributed by atoms with Crippen molar-refractivity contribution >= 4 is 23.2 Å². The number of aryl methyl sites for hydroxylation is 1. The number of amides is 2. The molecule has 9 heteroatoms. The summed E-state index contributed by atoms with van der Waals surface area (Å²) in [6, 6.07) is 12.2. The van der Waals surface area contributed by atoms with E-state index >= 15 is 0 Å². The van der Waals surface area contributed by atoms with E-state index in [2.05, 4.69) is 41.5 Å². The van der Waals surface area contributed by atoms with Gasteiger partial charge in [-0.05, 0) is 23.9 Å². The second-order valence-corrected chi connectivity index (χ2v) is 9.24. The van der Waals surface area contributed by atoms with Gasteiger partial charge in [-0.15, -0.1) is 16.4 Å². The number of rotatable bonds is 4. The van der Waals surface area contributed by atoms with Crippen molar-refractivity contribution in [3.05, 3.63) is 69.2 Å². The Morgan fingerprint density at radius 2 is 1.84 bits per heavy atom. The first-order chi connectivity index (χ1) is 15.6. The number of aromatic nitrogens is 3. The highest BCUT2D eigenvalue weighted by Crippen LogP contribution is 2.27. The normalized spacial score (nSPS) is 18.5. The molecule has 2 amide bonds. The van der Waals surface area contributed by atoms with Crippen LogP contribution < -0.4 is 0 Å². The van der Waals surface area contributed by atoms with Gasteiger partial charge in [-0.2, -0.15) is 0 Å². The zero-order chi connectivity index (χ0) is 22.1. The van der Waals surface area contributed by atoms with E-state index in [1.165, 1.54) is 5.56 Å². The van der Waals surface area contributed by atoms with Gasteiger partial charge in [-0.3, -0.25) is 9.59 Å². The van der Waals surface area contributed by atoms with Gasteiger partial charge in [0.15, 0.2) is 5.69 Å². The van der Waals surface area contributed by atoms with E-state index in [9.17, 15) is 9.59 Å². The Kier molecular flexibility index (Phi) is 5.75. The number of fused-ring (bicyclic) bond motifs is 1. The average Bonchev–Trinajstić information content (AvgIpc) is 3.48. The Morgan fingerprint density at radius 3 is 2.56 bits per heavy atom. The SMILES string of the molecule is Cc1ccc([C@@H]2Cn3nnc(C(=O)N4CCN(C(=O)Cc5cccs5)CC4)c3CO2)cc1. The molecule has 0 spiro atoms. The van der Waals surface area contributed by atoms with Gasteiger partial charge in [0.2, 0.25) is 5.91 Å². The molecule has 2 aromatic heterocycles. The summed E-state index contributed by atoms with van der Waals surface area (Å²) in [4.78, 5) is 30.3. The number of hydrogen-bond acceptors (Lipinski definition) is 6. The van der Waals surface area contributed by atoms with Crippen LogP contribution >= 0.6 is 11.3 Å². The molecule has 1 atom stereocenters. The molecule has 0 bridgehead atoms. The third-order valence-corrected chi connectivity index (χ3v) is 6.95. The summed E-state index contributed by atoms with van der Waals surface area (Å²) in [5.41, 5.74) is 3.36. The Labute approximate surface area is 190 Å². The lowest BCUT2D eigenvalue weighted by Crippen LogP contribution is -2.51. The van der Waals surface area contributed by atoms with E-state index in [1.807, 2.05) is 22.4 Å². The molecule has 0 unspecified atom stereocenters. The van der Waals surface area contributed by atoms with E-state index in [0.717, 1.165) is 16.1 Å². The van der Waals surface area contributed by atoms with Crippen LogP contribution in [0.5, 0.6) is 0 Å². The van der Waals surface area contributed by atoms with Crippen LogP contribution in [0.2, 0.25) is 0 Å². The van der Waals surface area contributed by atoms with Crippen LogP contribution in [0.4, 0.5) is 0 Å². The van der Waals surface area contributed by atoms with Crippen LogP contribution in [0.1, 0.15) is 38.3 Å². The molecule has 3 aromatic rings. The first-order valence-corrected chi connectivity index (χ1v) is 11.7. The fourth-order valence-electron chi connectivity index (χ4n) is 4.14. The summed E-state index contributed by atoms with van der Waals surface area (Å²) in [5.74, 6) is -0.0369. The third-order valence-electron chi connectivity index (χ3n) is 6.07. The molecule has 1 saturated heterocycles. The van der Waals surface area contributed by atoms with E-state index in [1.54, 1.807) is 20.9 Å². The van der Waals surface area contributed by atoms with Crippen molar-refractivity contribution in [2.75, 3.05) is 26.2 Å². The van der Waals surface area contributed by atoms with Crippen molar-refractivity contribution in [1.82, 2.24) is 24.8 Å². The zero-order valence-electron chi connectivity index (χ0n) is 17.9. The lowest BCUT2D eigenvalue weighted by Gasteiger charge is -2.34. The molecule has 0 N–H and O–H groups in total. The fraction of sp³-hybridized carbons (Fsp3) is 0.391. The third kappa shape index (κ3) is 4.18. The van der Waals surface area contributed by atoms with Crippen LogP contribution in [0.15, 0.2) is 41.8 Å². The maximum Gasteiger partial charge on any atom is 0.276 e. The standard InChI is InChI=1S/C23H25N5O3S/c1-16-4-6-17(7-5-16)20-14-28-19(15-31-20)22(24-25-28)23(30)27-10-8-26(9-11-27)21(29)13-18-3-2-12-32-18/h2-7,12,20H,8-11,13-15H2,1H3/t20-/m0/s1. The van der Waals surface area contributed by atoms with Crippen molar-refractivity contribution in [2.45, 2.75) is 32.6 Å². The minimum atomic E-state index is -0.144. The molecule has 0 radical (unpaired) electrons. The number of nitrogens with zero attached hydrogens (tertiary/aromatic N) is 5. The average molecular weight is 452 g/mol. The summed E-state index contributed by atoms with van der Waals surface area (Å²) in [6.07, 6.45) is 0.314. The fourth-order valence-corrected chi connectivity index (χ4v) is 4.84. The van der Waals surface area contributed by atoms with Gasteiger partial charge in [0, 0.05) is 31.1 Å². The molecule has 4 heterocycles. The van der Waals surface area contributed by atoms with Gasteiger partial charge >= 0.3 is 0 Å². The summed E-state index contributed by atoms with van der Waals surface area (Å²) in [6.45, 7) is 4.94. The van der Waals surface area contributed by atoms with E-state index < -0.39 is 0 Å². The van der Waals surface area contributed by atoms with E-state index in [4.69, 9.17) is 4.74 Å².